The Bertz CT molecular complexity index is 435. The van der Waals surface area contributed by atoms with E-state index in [1.165, 1.54) is 38.9 Å². The van der Waals surface area contributed by atoms with Gasteiger partial charge in [-0.2, -0.15) is 0 Å². The minimum Gasteiger partial charge on any atom is -0.314 e. The number of fused-ring (bicyclic) bond motifs is 1. The second kappa shape index (κ2) is 6.28. The Morgan fingerprint density at radius 1 is 1.25 bits per heavy atom. The summed E-state index contributed by atoms with van der Waals surface area (Å²) in [4.78, 5) is 2.69. The van der Waals surface area contributed by atoms with E-state index in [0.717, 1.165) is 18.4 Å². The van der Waals surface area contributed by atoms with Crippen LogP contribution in [0.15, 0.2) is 24.3 Å². The zero-order chi connectivity index (χ0) is 13.9. The molecule has 1 fully saturated rings. The highest BCUT2D eigenvalue weighted by molar-refractivity contribution is 5.40. The summed E-state index contributed by atoms with van der Waals surface area (Å²) in [6.45, 7) is 9.52. The molecule has 0 radical (unpaired) electrons. The molecule has 3 rings (SSSR count). The van der Waals surface area contributed by atoms with Crippen molar-refractivity contribution in [3.63, 3.8) is 0 Å². The number of nitrogens with zero attached hydrogens (tertiary/aromatic N) is 1. The SMILES string of the molecule is CCNC(C)C1CCN(CC2Cc3ccccc32)CC1. The highest BCUT2D eigenvalue weighted by Gasteiger charge is 2.29. The van der Waals surface area contributed by atoms with Crippen molar-refractivity contribution in [2.24, 2.45) is 5.92 Å². The summed E-state index contributed by atoms with van der Waals surface area (Å²) in [5.74, 6) is 1.67. The molecule has 1 saturated heterocycles. The lowest BCUT2D eigenvalue weighted by Gasteiger charge is -2.39. The topological polar surface area (TPSA) is 15.3 Å². The van der Waals surface area contributed by atoms with Crippen LogP contribution in [0.2, 0.25) is 0 Å². The lowest BCUT2D eigenvalue weighted by molar-refractivity contribution is 0.152. The van der Waals surface area contributed by atoms with Crippen LogP contribution < -0.4 is 5.32 Å². The van der Waals surface area contributed by atoms with Crippen molar-refractivity contribution in [1.82, 2.24) is 10.2 Å². The first-order chi connectivity index (χ1) is 9.78. The zero-order valence-corrected chi connectivity index (χ0v) is 12.9. The van der Waals surface area contributed by atoms with Gasteiger partial charge in [-0.1, -0.05) is 31.2 Å². The van der Waals surface area contributed by atoms with Gasteiger partial charge in [0.25, 0.3) is 0 Å². The maximum atomic E-state index is 3.59. The number of hydrogen-bond acceptors (Lipinski definition) is 2. The van der Waals surface area contributed by atoms with Gasteiger partial charge in [-0.15, -0.1) is 0 Å². The van der Waals surface area contributed by atoms with E-state index in [1.54, 1.807) is 11.1 Å². The molecule has 1 aromatic rings. The molecule has 1 aromatic carbocycles. The minimum absolute atomic E-state index is 0.687. The minimum atomic E-state index is 0.687. The van der Waals surface area contributed by atoms with Gasteiger partial charge in [-0.05, 0) is 62.9 Å². The maximum absolute atomic E-state index is 3.59. The molecule has 2 aliphatic rings. The Kier molecular flexibility index (Phi) is 4.42. The van der Waals surface area contributed by atoms with Crippen LogP contribution in [0.3, 0.4) is 0 Å². The van der Waals surface area contributed by atoms with Crippen molar-refractivity contribution in [3.05, 3.63) is 35.4 Å². The number of likely N-dealkylation sites (tertiary alicyclic amines) is 1. The fraction of sp³-hybridized carbons (Fsp3) is 0.667. The van der Waals surface area contributed by atoms with Gasteiger partial charge in [0.05, 0.1) is 0 Å². The Morgan fingerprint density at radius 3 is 2.70 bits per heavy atom. The largest absolute Gasteiger partial charge is 0.314 e. The van der Waals surface area contributed by atoms with E-state index < -0.39 is 0 Å². The van der Waals surface area contributed by atoms with Gasteiger partial charge in [-0.25, -0.2) is 0 Å². The molecule has 20 heavy (non-hydrogen) atoms. The summed E-state index contributed by atoms with van der Waals surface area (Å²) in [6, 6.07) is 9.66. The molecular weight excluding hydrogens is 244 g/mol. The molecule has 2 nitrogen and oxygen atoms in total. The average molecular weight is 272 g/mol. The van der Waals surface area contributed by atoms with Gasteiger partial charge in [0.2, 0.25) is 0 Å². The van der Waals surface area contributed by atoms with Crippen molar-refractivity contribution < 1.29 is 0 Å². The highest BCUT2D eigenvalue weighted by Crippen LogP contribution is 2.36. The summed E-state index contributed by atoms with van der Waals surface area (Å²) < 4.78 is 0. The van der Waals surface area contributed by atoms with Gasteiger partial charge in [0.1, 0.15) is 0 Å². The molecule has 1 aliphatic carbocycles. The number of nitrogens with one attached hydrogen (secondary N) is 1. The van der Waals surface area contributed by atoms with Crippen molar-refractivity contribution in [1.29, 1.82) is 0 Å². The van der Waals surface area contributed by atoms with Crippen LogP contribution in [-0.2, 0) is 6.42 Å². The lowest BCUT2D eigenvalue weighted by atomic mass is 9.77. The van der Waals surface area contributed by atoms with Crippen LogP contribution in [0, 0.1) is 5.92 Å². The van der Waals surface area contributed by atoms with E-state index in [2.05, 4.69) is 48.3 Å². The van der Waals surface area contributed by atoms with Gasteiger partial charge in [0.15, 0.2) is 0 Å². The molecule has 0 bridgehead atoms. The molecule has 0 saturated carbocycles. The highest BCUT2D eigenvalue weighted by atomic mass is 15.1. The molecular formula is C18H28N2. The predicted octanol–water partition coefficient (Wildman–Crippen LogP) is 3.04. The van der Waals surface area contributed by atoms with E-state index in [4.69, 9.17) is 0 Å². The number of rotatable bonds is 5. The standard InChI is InChI=1S/C18H28N2/c1-3-19-14(2)15-8-10-20(11-9-15)13-17-12-16-6-4-5-7-18(16)17/h4-7,14-15,17,19H,3,8-13H2,1-2H3. The molecule has 2 atom stereocenters. The van der Waals surface area contributed by atoms with E-state index in [9.17, 15) is 0 Å². The second-order valence-corrected chi connectivity index (χ2v) is 6.58. The van der Waals surface area contributed by atoms with Crippen LogP contribution in [0.25, 0.3) is 0 Å². The maximum Gasteiger partial charge on any atom is 0.00678 e. The Morgan fingerprint density at radius 2 is 2.00 bits per heavy atom. The molecule has 0 spiro atoms. The summed E-state index contributed by atoms with van der Waals surface area (Å²) >= 11 is 0. The van der Waals surface area contributed by atoms with Gasteiger partial charge < -0.3 is 10.2 Å². The fourth-order valence-corrected chi connectivity index (χ4v) is 3.96. The van der Waals surface area contributed by atoms with E-state index in [1.807, 2.05) is 0 Å². The number of hydrogen-bond donors (Lipinski definition) is 1. The monoisotopic (exact) mass is 272 g/mol. The second-order valence-electron chi connectivity index (χ2n) is 6.58. The summed E-state index contributed by atoms with van der Waals surface area (Å²) in [5, 5.41) is 3.59. The van der Waals surface area contributed by atoms with Crippen LogP contribution in [-0.4, -0.2) is 37.1 Å². The molecule has 2 heteroatoms. The first-order valence-corrected chi connectivity index (χ1v) is 8.31. The number of piperidine rings is 1. The third kappa shape index (κ3) is 2.91. The van der Waals surface area contributed by atoms with Gasteiger partial charge in [-0.3, -0.25) is 0 Å². The lowest BCUT2D eigenvalue weighted by Crippen LogP contribution is -2.44. The quantitative estimate of drug-likeness (QED) is 0.886. The molecule has 0 amide bonds. The van der Waals surface area contributed by atoms with Crippen molar-refractivity contribution in [3.8, 4) is 0 Å². The first kappa shape index (κ1) is 14.1. The fourth-order valence-electron chi connectivity index (χ4n) is 3.96. The molecule has 110 valence electrons. The zero-order valence-electron chi connectivity index (χ0n) is 12.9. The average Bonchev–Trinajstić information content (AvgIpc) is 2.46. The predicted molar refractivity (Wildman–Crippen MR) is 85.2 cm³/mol. The molecule has 0 aromatic heterocycles. The van der Waals surface area contributed by atoms with Crippen LogP contribution in [0.5, 0.6) is 0 Å². The Hall–Kier alpha value is -0.860. The van der Waals surface area contributed by atoms with Crippen LogP contribution in [0.1, 0.15) is 43.7 Å². The van der Waals surface area contributed by atoms with Crippen LogP contribution in [0.4, 0.5) is 0 Å². The Labute approximate surface area is 123 Å². The van der Waals surface area contributed by atoms with E-state index in [0.29, 0.717) is 6.04 Å². The summed E-state index contributed by atoms with van der Waals surface area (Å²) in [5.41, 5.74) is 3.18. The van der Waals surface area contributed by atoms with E-state index in [-0.39, 0.29) is 0 Å². The molecule has 1 N–H and O–H groups in total. The summed E-state index contributed by atoms with van der Waals surface area (Å²) in [7, 11) is 0. The molecule has 1 heterocycles. The van der Waals surface area contributed by atoms with Crippen molar-refractivity contribution >= 4 is 0 Å². The normalized spacial score (nSPS) is 25.0. The first-order valence-electron chi connectivity index (χ1n) is 8.31. The third-order valence-electron chi connectivity index (χ3n) is 5.31. The van der Waals surface area contributed by atoms with Crippen molar-refractivity contribution in [2.45, 2.75) is 45.1 Å². The molecule has 1 aliphatic heterocycles. The smallest absolute Gasteiger partial charge is 0.00678 e. The van der Waals surface area contributed by atoms with Crippen LogP contribution >= 0.6 is 0 Å². The molecule has 2 unspecified atom stereocenters. The third-order valence-corrected chi connectivity index (χ3v) is 5.31. The summed E-state index contributed by atoms with van der Waals surface area (Å²) in [6.07, 6.45) is 4.02. The van der Waals surface area contributed by atoms with Crippen molar-refractivity contribution in [2.75, 3.05) is 26.2 Å². The Balaban J connectivity index is 1.46. The van der Waals surface area contributed by atoms with E-state index >= 15 is 0 Å². The number of benzene rings is 1. The van der Waals surface area contributed by atoms with Gasteiger partial charge >= 0.3 is 0 Å². The van der Waals surface area contributed by atoms with Gasteiger partial charge in [0, 0.05) is 18.5 Å².